The number of anilines is 1. The van der Waals surface area contributed by atoms with Crippen LogP contribution in [-0.4, -0.2) is 21.1 Å². The van der Waals surface area contributed by atoms with Crippen molar-refractivity contribution in [3.63, 3.8) is 0 Å². The second kappa shape index (κ2) is 7.08. The van der Waals surface area contributed by atoms with Crippen LogP contribution in [0.4, 0.5) is 5.69 Å². The number of aromatic amines is 1. The van der Waals surface area contributed by atoms with E-state index in [-0.39, 0.29) is 5.91 Å². The number of rotatable bonds is 5. The van der Waals surface area contributed by atoms with Gasteiger partial charge in [0.05, 0.1) is 17.6 Å². The maximum atomic E-state index is 12.6. The topological polar surface area (TPSA) is 70.7 Å². The van der Waals surface area contributed by atoms with Crippen molar-refractivity contribution in [2.24, 2.45) is 0 Å². The second-order valence-electron chi connectivity index (χ2n) is 5.52. The van der Waals surface area contributed by atoms with Gasteiger partial charge in [-0.1, -0.05) is 26.0 Å². The first-order valence-corrected chi connectivity index (χ1v) is 8.10. The minimum atomic E-state index is -0.147. The molecule has 122 valence electrons. The lowest BCUT2D eigenvalue weighted by molar-refractivity contribution is 0.102. The standard InChI is InChI=1S/C19H20N4O/c1-3-13-8-9-15(11-14(13)4-2)19(24)22-17-12-21-23-18(17)16-7-5-6-10-20-16/h5-12H,3-4H2,1-2H3,(H,21,23)(H,22,24). The third-order valence-electron chi connectivity index (χ3n) is 4.04. The predicted molar refractivity (Wildman–Crippen MR) is 95.0 cm³/mol. The summed E-state index contributed by atoms with van der Waals surface area (Å²) in [7, 11) is 0. The Kier molecular flexibility index (Phi) is 4.70. The number of hydrogen-bond donors (Lipinski definition) is 2. The molecule has 0 spiro atoms. The molecule has 0 fully saturated rings. The molecule has 2 heterocycles. The lowest BCUT2D eigenvalue weighted by Gasteiger charge is -2.10. The van der Waals surface area contributed by atoms with Crippen molar-refractivity contribution in [3.8, 4) is 11.4 Å². The SMILES string of the molecule is CCc1ccc(C(=O)Nc2cn[nH]c2-c2ccccn2)cc1CC. The van der Waals surface area contributed by atoms with Crippen molar-refractivity contribution in [2.75, 3.05) is 5.32 Å². The number of pyridine rings is 1. The monoisotopic (exact) mass is 320 g/mol. The van der Waals surface area contributed by atoms with E-state index in [0.717, 1.165) is 18.5 Å². The van der Waals surface area contributed by atoms with E-state index in [2.05, 4.69) is 34.3 Å². The Hall–Kier alpha value is -2.95. The number of aromatic nitrogens is 3. The highest BCUT2D eigenvalue weighted by molar-refractivity contribution is 6.05. The molecule has 0 aliphatic heterocycles. The maximum Gasteiger partial charge on any atom is 0.255 e. The summed E-state index contributed by atoms with van der Waals surface area (Å²) in [4.78, 5) is 16.9. The van der Waals surface area contributed by atoms with Crippen molar-refractivity contribution < 1.29 is 4.79 Å². The van der Waals surface area contributed by atoms with Crippen LogP contribution < -0.4 is 5.32 Å². The van der Waals surface area contributed by atoms with Crippen LogP contribution in [0.1, 0.15) is 35.3 Å². The number of nitrogens with one attached hydrogen (secondary N) is 2. The van der Waals surface area contributed by atoms with Crippen molar-refractivity contribution in [3.05, 3.63) is 65.5 Å². The molecule has 0 radical (unpaired) electrons. The van der Waals surface area contributed by atoms with Gasteiger partial charge in [-0.2, -0.15) is 5.10 Å². The predicted octanol–water partition coefficient (Wildman–Crippen LogP) is 3.85. The highest BCUT2D eigenvalue weighted by Gasteiger charge is 2.14. The molecule has 0 saturated heterocycles. The van der Waals surface area contributed by atoms with Crippen molar-refractivity contribution >= 4 is 11.6 Å². The molecule has 0 unspecified atom stereocenters. The van der Waals surface area contributed by atoms with E-state index in [1.807, 2.05) is 36.4 Å². The lowest BCUT2D eigenvalue weighted by Crippen LogP contribution is -2.13. The molecule has 2 aromatic heterocycles. The number of aryl methyl sites for hydroxylation is 2. The first kappa shape index (κ1) is 15.9. The van der Waals surface area contributed by atoms with Crippen LogP contribution in [0.5, 0.6) is 0 Å². The van der Waals surface area contributed by atoms with Gasteiger partial charge in [0.2, 0.25) is 0 Å². The number of benzene rings is 1. The quantitative estimate of drug-likeness (QED) is 0.750. The summed E-state index contributed by atoms with van der Waals surface area (Å²) in [6, 6.07) is 11.5. The Morgan fingerprint density at radius 2 is 1.96 bits per heavy atom. The molecule has 5 nitrogen and oxygen atoms in total. The van der Waals surface area contributed by atoms with Crippen LogP contribution >= 0.6 is 0 Å². The smallest absolute Gasteiger partial charge is 0.255 e. The van der Waals surface area contributed by atoms with Crippen molar-refractivity contribution in [1.82, 2.24) is 15.2 Å². The molecule has 0 aliphatic carbocycles. The minimum absolute atomic E-state index is 0.147. The lowest BCUT2D eigenvalue weighted by atomic mass is 10.00. The second-order valence-corrected chi connectivity index (χ2v) is 5.52. The number of hydrogen-bond acceptors (Lipinski definition) is 3. The van der Waals surface area contributed by atoms with E-state index < -0.39 is 0 Å². The molecule has 0 saturated carbocycles. The average molecular weight is 320 g/mol. The molecule has 1 amide bonds. The number of nitrogens with zero attached hydrogens (tertiary/aromatic N) is 2. The summed E-state index contributed by atoms with van der Waals surface area (Å²) in [6.07, 6.45) is 5.19. The molecule has 2 N–H and O–H groups in total. The number of carbonyl (C=O) groups is 1. The normalized spacial score (nSPS) is 10.6. The Labute approximate surface area is 141 Å². The minimum Gasteiger partial charge on any atom is -0.319 e. The Morgan fingerprint density at radius 3 is 2.67 bits per heavy atom. The number of carbonyl (C=O) groups excluding carboxylic acids is 1. The molecule has 0 atom stereocenters. The zero-order chi connectivity index (χ0) is 16.9. The summed E-state index contributed by atoms with van der Waals surface area (Å²) >= 11 is 0. The summed E-state index contributed by atoms with van der Waals surface area (Å²) in [6.45, 7) is 4.23. The van der Waals surface area contributed by atoms with E-state index in [9.17, 15) is 4.79 Å². The van der Waals surface area contributed by atoms with Gasteiger partial charge in [0.15, 0.2) is 0 Å². The van der Waals surface area contributed by atoms with Crippen LogP contribution in [0.15, 0.2) is 48.8 Å². The van der Waals surface area contributed by atoms with Gasteiger partial charge in [-0.3, -0.25) is 14.9 Å². The van der Waals surface area contributed by atoms with Crippen LogP contribution in [0.3, 0.4) is 0 Å². The summed E-state index contributed by atoms with van der Waals surface area (Å²) in [5.74, 6) is -0.147. The maximum absolute atomic E-state index is 12.6. The molecular weight excluding hydrogens is 300 g/mol. The van der Waals surface area contributed by atoms with Crippen LogP contribution in [0, 0.1) is 0 Å². The third-order valence-corrected chi connectivity index (χ3v) is 4.04. The molecule has 1 aromatic carbocycles. The Morgan fingerprint density at radius 1 is 1.12 bits per heavy atom. The van der Waals surface area contributed by atoms with Gasteiger partial charge >= 0.3 is 0 Å². The van der Waals surface area contributed by atoms with E-state index in [0.29, 0.717) is 16.9 Å². The van der Waals surface area contributed by atoms with Gasteiger partial charge in [0, 0.05) is 11.8 Å². The van der Waals surface area contributed by atoms with Crippen LogP contribution in [-0.2, 0) is 12.8 Å². The molecule has 0 aliphatic rings. The molecule has 3 rings (SSSR count). The zero-order valence-corrected chi connectivity index (χ0v) is 13.8. The largest absolute Gasteiger partial charge is 0.319 e. The van der Waals surface area contributed by atoms with Gasteiger partial charge < -0.3 is 5.32 Å². The van der Waals surface area contributed by atoms with E-state index >= 15 is 0 Å². The molecule has 24 heavy (non-hydrogen) atoms. The highest BCUT2D eigenvalue weighted by Crippen LogP contribution is 2.24. The third kappa shape index (κ3) is 3.20. The highest BCUT2D eigenvalue weighted by atomic mass is 16.1. The van der Waals surface area contributed by atoms with E-state index in [4.69, 9.17) is 0 Å². The van der Waals surface area contributed by atoms with E-state index in [1.54, 1.807) is 12.4 Å². The van der Waals surface area contributed by atoms with Crippen molar-refractivity contribution in [2.45, 2.75) is 26.7 Å². The first-order valence-electron chi connectivity index (χ1n) is 8.10. The summed E-state index contributed by atoms with van der Waals surface area (Å²) in [5, 5.41) is 9.84. The Balaban J connectivity index is 1.85. The Bertz CT molecular complexity index is 840. The van der Waals surface area contributed by atoms with Crippen molar-refractivity contribution in [1.29, 1.82) is 0 Å². The summed E-state index contributed by atoms with van der Waals surface area (Å²) < 4.78 is 0. The molecular formula is C19H20N4O. The van der Waals surface area contributed by atoms with Gasteiger partial charge in [-0.15, -0.1) is 0 Å². The molecule has 0 bridgehead atoms. The average Bonchev–Trinajstić information content (AvgIpc) is 3.09. The molecule has 3 aromatic rings. The van der Waals surface area contributed by atoms with E-state index in [1.165, 1.54) is 11.1 Å². The zero-order valence-electron chi connectivity index (χ0n) is 13.8. The fourth-order valence-corrected chi connectivity index (χ4v) is 2.72. The van der Waals surface area contributed by atoms with Gasteiger partial charge in [-0.25, -0.2) is 0 Å². The fourth-order valence-electron chi connectivity index (χ4n) is 2.72. The first-order chi connectivity index (χ1) is 11.7. The fraction of sp³-hybridized carbons (Fsp3) is 0.211. The van der Waals surface area contributed by atoms with Gasteiger partial charge in [0.1, 0.15) is 5.69 Å². The van der Waals surface area contributed by atoms with Gasteiger partial charge in [-0.05, 0) is 48.2 Å². The van der Waals surface area contributed by atoms with Crippen LogP contribution in [0.2, 0.25) is 0 Å². The molecule has 5 heteroatoms. The summed E-state index contributed by atoms with van der Waals surface area (Å²) in [5.41, 5.74) is 5.20. The van der Waals surface area contributed by atoms with Gasteiger partial charge in [0.25, 0.3) is 5.91 Å². The van der Waals surface area contributed by atoms with Crippen LogP contribution in [0.25, 0.3) is 11.4 Å². The number of H-pyrrole nitrogens is 1. The number of amides is 1.